The first-order chi connectivity index (χ1) is 24.1. The van der Waals surface area contributed by atoms with E-state index in [-0.39, 0.29) is 36.8 Å². The Bertz CT molecular complexity index is 1620. The fourth-order valence-corrected chi connectivity index (χ4v) is 8.70. The van der Waals surface area contributed by atoms with Gasteiger partial charge in [0.15, 0.2) is 0 Å². The third kappa shape index (κ3) is 5.80. The first kappa shape index (κ1) is 35.7. The summed E-state index contributed by atoms with van der Waals surface area (Å²) in [6.45, 7) is 14.7. The van der Waals surface area contributed by atoms with Crippen LogP contribution >= 0.6 is 0 Å². The zero-order valence-electron chi connectivity index (χ0n) is 30.2. The van der Waals surface area contributed by atoms with E-state index in [1.165, 1.54) is 0 Å². The average molecular weight is 685 g/mol. The third-order valence-corrected chi connectivity index (χ3v) is 11.0. The Morgan fingerprint density at radius 1 is 0.840 bits per heavy atom. The van der Waals surface area contributed by atoms with Gasteiger partial charge in [0.2, 0.25) is 11.8 Å². The SMILES string of the molecule is CCOc1ccc(N2CC=C[C@@]3(CC)O[C@]45C=CCN(c6ccc(N(CC)CC)cc6)C(=O)C4N([C@@H](CO)CC(C)C)C(=O)[C@@H]5[C@H]3C2=O)cc1. The van der Waals surface area contributed by atoms with E-state index in [0.29, 0.717) is 43.1 Å². The van der Waals surface area contributed by atoms with Crippen LogP contribution in [0, 0.1) is 17.8 Å². The second-order valence-corrected chi connectivity index (χ2v) is 14.2. The Balaban J connectivity index is 1.45. The van der Waals surface area contributed by atoms with Crippen LogP contribution in [0.4, 0.5) is 17.1 Å². The number of hydrogen-bond acceptors (Lipinski definition) is 7. The highest BCUT2D eigenvalue weighted by molar-refractivity contribution is 6.07. The molecular formula is C40H52N4O6. The van der Waals surface area contributed by atoms with Crippen LogP contribution in [0.2, 0.25) is 0 Å². The summed E-state index contributed by atoms with van der Waals surface area (Å²) in [5.74, 6) is -1.86. The predicted molar refractivity (Wildman–Crippen MR) is 195 cm³/mol. The van der Waals surface area contributed by atoms with E-state index in [0.717, 1.165) is 18.8 Å². The van der Waals surface area contributed by atoms with Gasteiger partial charge in [0.25, 0.3) is 5.91 Å². The number of anilines is 3. The Morgan fingerprint density at radius 2 is 1.44 bits per heavy atom. The monoisotopic (exact) mass is 684 g/mol. The molecule has 4 aliphatic rings. The summed E-state index contributed by atoms with van der Waals surface area (Å²) < 4.78 is 12.8. The van der Waals surface area contributed by atoms with Crippen molar-refractivity contribution in [3.8, 4) is 5.75 Å². The topological polar surface area (TPSA) is 103 Å². The van der Waals surface area contributed by atoms with Gasteiger partial charge in [-0.05, 0) is 88.1 Å². The summed E-state index contributed by atoms with van der Waals surface area (Å²) >= 11 is 0. The van der Waals surface area contributed by atoms with Crippen LogP contribution in [-0.2, 0) is 19.1 Å². The smallest absolute Gasteiger partial charge is 0.253 e. The summed E-state index contributed by atoms with van der Waals surface area (Å²) in [5, 5.41) is 10.8. The summed E-state index contributed by atoms with van der Waals surface area (Å²) in [6.07, 6.45) is 8.59. The minimum absolute atomic E-state index is 0.143. The quantitative estimate of drug-likeness (QED) is 0.307. The molecule has 6 atom stereocenters. The molecule has 1 spiro atoms. The van der Waals surface area contributed by atoms with Crippen LogP contribution in [0.5, 0.6) is 5.75 Å². The number of fused-ring (bicyclic) bond motifs is 2. The molecule has 10 nitrogen and oxygen atoms in total. The molecule has 2 saturated heterocycles. The van der Waals surface area contributed by atoms with E-state index in [9.17, 15) is 9.90 Å². The molecule has 4 heterocycles. The zero-order chi connectivity index (χ0) is 35.8. The maximum Gasteiger partial charge on any atom is 0.253 e. The van der Waals surface area contributed by atoms with Crippen LogP contribution < -0.4 is 19.4 Å². The highest BCUT2D eigenvalue weighted by Crippen LogP contribution is 2.59. The van der Waals surface area contributed by atoms with Crippen LogP contribution in [0.25, 0.3) is 0 Å². The average Bonchev–Trinajstić information content (AvgIpc) is 3.41. The lowest BCUT2D eigenvalue weighted by molar-refractivity contribution is -0.149. The Labute approximate surface area is 296 Å². The first-order valence-electron chi connectivity index (χ1n) is 18.3. The second kappa shape index (κ2) is 14.2. The number of rotatable bonds is 12. The molecule has 268 valence electrons. The minimum Gasteiger partial charge on any atom is -0.494 e. The lowest BCUT2D eigenvalue weighted by Gasteiger charge is -2.41. The molecule has 4 aliphatic heterocycles. The van der Waals surface area contributed by atoms with Gasteiger partial charge in [0, 0.05) is 43.2 Å². The maximum absolute atomic E-state index is 15.1. The molecule has 2 aromatic carbocycles. The highest BCUT2D eigenvalue weighted by atomic mass is 16.5. The van der Waals surface area contributed by atoms with Crippen molar-refractivity contribution in [3.63, 3.8) is 0 Å². The number of ether oxygens (including phenoxy) is 2. The second-order valence-electron chi connectivity index (χ2n) is 14.2. The third-order valence-electron chi connectivity index (χ3n) is 11.0. The molecule has 0 aliphatic carbocycles. The fourth-order valence-electron chi connectivity index (χ4n) is 8.70. The van der Waals surface area contributed by atoms with Gasteiger partial charge in [-0.25, -0.2) is 0 Å². The largest absolute Gasteiger partial charge is 0.494 e. The Kier molecular flexibility index (Phi) is 10.2. The molecule has 1 unspecified atom stereocenters. The molecule has 3 amide bonds. The Morgan fingerprint density at radius 3 is 2.00 bits per heavy atom. The van der Waals surface area contributed by atoms with Crippen molar-refractivity contribution >= 4 is 34.8 Å². The molecule has 2 aromatic rings. The molecule has 0 aromatic heterocycles. The standard InChI is InChI=1S/C40H52N4O6/c1-7-39-21-11-23-42(30-17-19-32(20-18-30)49-10-4)36(46)33(39)34-37(47)44(31(26-45)25-27(5)6)35-38(48)43(24-12-22-40(34,35)50-39)29-15-13-28(14-16-29)41(8-2)9-3/h11-22,27,31,33-35,45H,7-10,23-26H2,1-6H3/t31-,33+,34+,35?,39-,40+/m1/s1. The van der Waals surface area contributed by atoms with Gasteiger partial charge in [-0.2, -0.15) is 0 Å². The van der Waals surface area contributed by atoms with E-state index in [4.69, 9.17) is 9.47 Å². The van der Waals surface area contributed by atoms with E-state index < -0.39 is 35.1 Å². The molecule has 1 N–H and O–H groups in total. The van der Waals surface area contributed by atoms with Gasteiger partial charge in [0.05, 0.1) is 36.7 Å². The number of nitrogens with zero attached hydrogens (tertiary/aromatic N) is 4. The molecule has 2 fully saturated rings. The van der Waals surface area contributed by atoms with Crippen LogP contribution in [0.1, 0.15) is 54.4 Å². The van der Waals surface area contributed by atoms with E-state index in [2.05, 4.69) is 18.7 Å². The van der Waals surface area contributed by atoms with E-state index in [1.807, 2.05) is 101 Å². The lowest BCUT2D eigenvalue weighted by Crippen LogP contribution is -2.59. The number of amides is 3. The van der Waals surface area contributed by atoms with E-state index >= 15 is 9.59 Å². The number of benzene rings is 2. The summed E-state index contributed by atoms with van der Waals surface area (Å²) in [4.78, 5) is 52.3. The van der Waals surface area contributed by atoms with Crippen molar-refractivity contribution in [2.45, 2.75) is 77.7 Å². The molecule has 0 bridgehead atoms. The van der Waals surface area contributed by atoms with Gasteiger partial charge in [-0.1, -0.05) is 45.1 Å². The van der Waals surface area contributed by atoms with Gasteiger partial charge < -0.3 is 34.2 Å². The molecule has 50 heavy (non-hydrogen) atoms. The normalized spacial score (nSPS) is 28.0. The van der Waals surface area contributed by atoms with Crippen LogP contribution in [0.15, 0.2) is 72.8 Å². The lowest BCUT2D eigenvalue weighted by atomic mass is 9.73. The number of carbonyl (C=O) groups is 3. The number of likely N-dealkylation sites (tertiary alicyclic amines) is 1. The van der Waals surface area contributed by atoms with Crippen molar-refractivity contribution in [3.05, 3.63) is 72.8 Å². The van der Waals surface area contributed by atoms with Gasteiger partial charge in [-0.15, -0.1) is 0 Å². The summed E-state index contributed by atoms with van der Waals surface area (Å²) in [6, 6.07) is 13.6. The number of hydrogen-bond donors (Lipinski definition) is 1. The molecule has 0 saturated carbocycles. The van der Waals surface area contributed by atoms with Gasteiger partial charge in [0.1, 0.15) is 17.4 Å². The molecule has 10 heteroatoms. The molecular weight excluding hydrogens is 632 g/mol. The van der Waals surface area contributed by atoms with Crippen molar-refractivity contribution in [2.24, 2.45) is 17.8 Å². The Hall–Kier alpha value is -4.15. The summed E-state index contributed by atoms with van der Waals surface area (Å²) in [5.41, 5.74) is -0.0661. The van der Waals surface area contributed by atoms with Crippen LogP contribution in [0.3, 0.4) is 0 Å². The predicted octanol–water partition coefficient (Wildman–Crippen LogP) is 5.21. The van der Waals surface area contributed by atoms with Crippen molar-refractivity contribution < 1.29 is 29.0 Å². The summed E-state index contributed by atoms with van der Waals surface area (Å²) in [7, 11) is 0. The number of aliphatic hydroxyl groups excluding tert-OH is 1. The van der Waals surface area contributed by atoms with Crippen molar-refractivity contribution in [1.82, 2.24) is 4.90 Å². The molecule has 0 radical (unpaired) electrons. The van der Waals surface area contributed by atoms with Gasteiger partial charge >= 0.3 is 0 Å². The molecule has 6 rings (SSSR count). The number of carbonyl (C=O) groups excluding carboxylic acids is 3. The van der Waals surface area contributed by atoms with Crippen molar-refractivity contribution in [2.75, 3.05) is 54.1 Å². The van der Waals surface area contributed by atoms with E-state index in [1.54, 1.807) is 14.7 Å². The van der Waals surface area contributed by atoms with Gasteiger partial charge in [-0.3, -0.25) is 14.4 Å². The van der Waals surface area contributed by atoms with Crippen LogP contribution in [-0.4, -0.2) is 90.4 Å². The maximum atomic E-state index is 15.1. The highest BCUT2D eigenvalue weighted by Gasteiger charge is 2.76. The fraction of sp³-hybridized carbons (Fsp3) is 0.525. The minimum atomic E-state index is -1.42. The number of aliphatic hydroxyl groups is 1. The first-order valence-corrected chi connectivity index (χ1v) is 18.3. The van der Waals surface area contributed by atoms with Crippen molar-refractivity contribution in [1.29, 1.82) is 0 Å². The zero-order valence-corrected chi connectivity index (χ0v) is 30.2.